The minimum absolute atomic E-state index is 0.0433. The predicted molar refractivity (Wildman–Crippen MR) is 134 cm³/mol. The van der Waals surface area contributed by atoms with E-state index in [4.69, 9.17) is 4.74 Å². The predicted octanol–water partition coefficient (Wildman–Crippen LogP) is 4.30. The van der Waals surface area contributed by atoms with Crippen molar-refractivity contribution in [1.82, 2.24) is 15.2 Å². The lowest BCUT2D eigenvalue weighted by Gasteiger charge is -2.39. The van der Waals surface area contributed by atoms with Crippen LogP contribution in [0.2, 0.25) is 0 Å². The summed E-state index contributed by atoms with van der Waals surface area (Å²) in [6.45, 7) is 12.0. The Kier molecular flexibility index (Phi) is 7.89. The SMILES string of the molecule is CCS(=O)(=O)c1ccc(CNC(=O)c2cnc3c(c2)CCN(C(=O)OC(C)(C)C)[C@H]3C(C)C)cc1. The number of fused-ring (bicyclic) bond motifs is 1. The summed E-state index contributed by atoms with van der Waals surface area (Å²) in [5.74, 6) is -0.101. The number of amides is 2. The standard InChI is InChI=1S/C26H35N3O5S/c1-7-35(32,33)21-10-8-18(9-11-21)15-28-24(30)20-14-19-12-13-29(25(31)34-26(4,5)6)23(17(2)3)22(19)27-16-20/h8-11,14,16-17,23H,7,12-13,15H2,1-6H3,(H,28,30)/t23-/m0/s1. The maximum absolute atomic E-state index is 12.8. The van der Waals surface area contributed by atoms with Gasteiger partial charge in [-0.2, -0.15) is 0 Å². The van der Waals surface area contributed by atoms with Crippen LogP contribution in [0.4, 0.5) is 4.79 Å². The molecule has 0 unspecified atom stereocenters. The Morgan fingerprint density at radius 2 is 1.86 bits per heavy atom. The normalized spacial score (nSPS) is 16.1. The average molecular weight is 502 g/mol. The van der Waals surface area contributed by atoms with E-state index in [2.05, 4.69) is 10.3 Å². The quantitative estimate of drug-likeness (QED) is 0.633. The number of nitrogens with zero attached hydrogens (tertiary/aromatic N) is 2. The van der Waals surface area contributed by atoms with Gasteiger partial charge in [0.2, 0.25) is 0 Å². The van der Waals surface area contributed by atoms with Gasteiger partial charge in [0.1, 0.15) is 5.60 Å². The zero-order valence-corrected chi connectivity index (χ0v) is 22.1. The van der Waals surface area contributed by atoms with Crippen LogP contribution in [0, 0.1) is 5.92 Å². The second-order valence-electron chi connectivity index (χ2n) is 10.1. The van der Waals surface area contributed by atoms with E-state index < -0.39 is 15.4 Å². The number of benzene rings is 1. The van der Waals surface area contributed by atoms with Crippen LogP contribution in [-0.2, 0) is 27.5 Å². The van der Waals surface area contributed by atoms with Crippen molar-refractivity contribution in [3.63, 3.8) is 0 Å². The topological polar surface area (TPSA) is 106 Å². The lowest BCUT2D eigenvalue weighted by atomic mass is 9.90. The summed E-state index contributed by atoms with van der Waals surface area (Å²) in [7, 11) is -3.26. The molecule has 0 aliphatic carbocycles. The third-order valence-corrected chi connectivity index (χ3v) is 7.63. The first-order valence-electron chi connectivity index (χ1n) is 11.9. The van der Waals surface area contributed by atoms with Crippen LogP contribution >= 0.6 is 0 Å². The molecule has 1 aliphatic heterocycles. The van der Waals surface area contributed by atoms with Crippen LogP contribution in [-0.4, -0.2) is 48.2 Å². The van der Waals surface area contributed by atoms with Crippen LogP contribution in [0.15, 0.2) is 41.4 Å². The van der Waals surface area contributed by atoms with Crippen LogP contribution in [0.1, 0.15) is 74.8 Å². The van der Waals surface area contributed by atoms with Crippen LogP contribution in [0.25, 0.3) is 0 Å². The molecule has 3 rings (SSSR count). The van der Waals surface area contributed by atoms with Gasteiger partial charge in [-0.15, -0.1) is 0 Å². The second kappa shape index (κ2) is 10.4. The highest BCUT2D eigenvalue weighted by Gasteiger charge is 2.36. The number of hydrogen-bond donors (Lipinski definition) is 1. The van der Waals surface area contributed by atoms with Gasteiger partial charge in [-0.3, -0.25) is 14.7 Å². The lowest BCUT2D eigenvalue weighted by Crippen LogP contribution is -2.45. The first-order chi connectivity index (χ1) is 16.3. The summed E-state index contributed by atoms with van der Waals surface area (Å²) in [5.41, 5.74) is 2.40. The van der Waals surface area contributed by atoms with Gasteiger partial charge >= 0.3 is 6.09 Å². The Morgan fingerprint density at radius 1 is 1.20 bits per heavy atom. The van der Waals surface area contributed by atoms with E-state index in [9.17, 15) is 18.0 Å². The van der Waals surface area contributed by atoms with Gasteiger partial charge in [0.05, 0.1) is 27.9 Å². The summed E-state index contributed by atoms with van der Waals surface area (Å²) >= 11 is 0. The zero-order chi connectivity index (χ0) is 26.0. The number of ether oxygens (including phenoxy) is 1. The number of carbonyl (C=O) groups excluding carboxylic acids is 2. The van der Waals surface area contributed by atoms with Crippen molar-refractivity contribution in [2.75, 3.05) is 12.3 Å². The molecule has 1 aromatic heterocycles. The fraction of sp³-hybridized carbons (Fsp3) is 0.500. The van der Waals surface area contributed by atoms with E-state index in [-0.39, 0.29) is 41.2 Å². The van der Waals surface area contributed by atoms with Gasteiger partial charge in [-0.25, -0.2) is 13.2 Å². The number of sulfone groups is 1. The van der Waals surface area contributed by atoms with Crippen molar-refractivity contribution in [3.8, 4) is 0 Å². The molecule has 35 heavy (non-hydrogen) atoms. The second-order valence-corrected chi connectivity index (χ2v) is 12.4. The largest absolute Gasteiger partial charge is 0.444 e. The molecule has 1 aliphatic rings. The van der Waals surface area contributed by atoms with Crippen LogP contribution in [0.3, 0.4) is 0 Å². The third kappa shape index (κ3) is 6.39. The summed E-state index contributed by atoms with van der Waals surface area (Å²) in [5, 5.41) is 2.87. The van der Waals surface area contributed by atoms with Gasteiger partial charge in [-0.05, 0) is 62.4 Å². The number of rotatable bonds is 6. The fourth-order valence-corrected chi connectivity index (χ4v) is 4.99. The molecule has 0 radical (unpaired) electrons. The highest BCUT2D eigenvalue weighted by molar-refractivity contribution is 7.91. The molecule has 190 valence electrons. The minimum atomic E-state index is -3.26. The molecule has 9 heteroatoms. The molecule has 1 aromatic carbocycles. The van der Waals surface area contributed by atoms with Gasteiger partial charge < -0.3 is 10.1 Å². The lowest BCUT2D eigenvalue weighted by molar-refractivity contribution is 0.00807. The minimum Gasteiger partial charge on any atom is -0.444 e. The Labute approximate surface area is 208 Å². The molecule has 0 spiro atoms. The molecule has 1 atom stereocenters. The highest BCUT2D eigenvalue weighted by Crippen LogP contribution is 2.35. The molecule has 8 nitrogen and oxygen atoms in total. The number of carbonyl (C=O) groups is 2. The molecule has 2 heterocycles. The van der Waals surface area contributed by atoms with Crippen LogP contribution < -0.4 is 5.32 Å². The Morgan fingerprint density at radius 3 is 2.43 bits per heavy atom. The highest BCUT2D eigenvalue weighted by atomic mass is 32.2. The molecule has 1 N–H and O–H groups in total. The van der Waals surface area contributed by atoms with E-state index >= 15 is 0 Å². The third-order valence-electron chi connectivity index (χ3n) is 5.88. The Balaban J connectivity index is 1.72. The van der Waals surface area contributed by atoms with Gasteiger partial charge in [0.25, 0.3) is 5.91 Å². The number of nitrogens with one attached hydrogen (secondary N) is 1. The number of hydrogen-bond acceptors (Lipinski definition) is 6. The Hall–Kier alpha value is -2.94. The molecule has 2 amide bonds. The van der Waals surface area contributed by atoms with E-state index in [0.717, 1.165) is 16.8 Å². The number of aromatic nitrogens is 1. The molecule has 0 fully saturated rings. The first kappa shape index (κ1) is 26.7. The van der Waals surface area contributed by atoms with Crippen LogP contribution in [0.5, 0.6) is 0 Å². The molecular weight excluding hydrogens is 466 g/mol. The van der Waals surface area contributed by atoms with E-state index in [1.165, 1.54) is 0 Å². The van der Waals surface area contributed by atoms with Crippen molar-refractivity contribution < 1.29 is 22.7 Å². The average Bonchev–Trinajstić information content (AvgIpc) is 2.80. The molecule has 0 bridgehead atoms. The summed E-state index contributed by atoms with van der Waals surface area (Å²) in [6, 6.07) is 8.13. The zero-order valence-electron chi connectivity index (χ0n) is 21.3. The molecule has 2 aromatic rings. The molecular formula is C26H35N3O5S. The fourth-order valence-electron chi connectivity index (χ4n) is 4.11. The van der Waals surface area contributed by atoms with Crippen molar-refractivity contribution in [1.29, 1.82) is 0 Å². The maximum atomic E-state index is 12.8. The van der Waals surface area contributed by atoms with E-state index in [1.807, 2.05) is 40.7 Å². The van der Waals surface area contributed by atoms with Crippen molar-refractivity contribution in [2.24, 2.45) is 5.92 Å². The van der Waals surface area contributed by atoms with Gasteiger partial charge in [0, 0.05) is 19.3 Å². The van der Waals surface area contributed by atoms with Crippen molar-refractivity contribution in [2.45, 2.75) is 71.0 Å². The maximum Gasteiger partial charge on any atom is 0.410 e. The first-order valence-corrected chi connectivity index (χ1v) is 13.6. The molecule has 0 saturated heterocycles. The van der Waals surface area contributed by atoms with Gasteiger partial charge in [0.15, 0.2) is 9.84 Å². The van der Waals surface area contributed by atoms with Gasteiger partial charge in [-0.1, -0.05) is 32.9 Å². The Bertz CT molecular complexity index is 1180. The van der Waals surface area contributed by atoms with Crippen molar-refractivity contribution >= 4 is 21.8 Å². The summed E-state index contributed by atoms with van der Waals surface area (Å²) in [4.78, 5) is 32.2. The summed E-state index contributed by atoms with van der Waals surface area (Å²) < 4.78 is 29.5. The monoisotopic (exact) mass is 501 g/mol. The van der Waals surface area contributed by atoms with E-state index in [1.54, 1.807) is 42.3 Å². The smallest absolute Gasteiger partial charge is 0.410 e. The molecule has 0 saturated carbocycles. The number of pyridine rings is 1. The van der Waals surface area contributed by atoms with Crippen molar-refractivity contribution in [3.05, 3.63) is 58.9 Å². The summed E-state index contributed by atoms with van der Waals surface area (Å²) in [6.07, 6.45) is 1.77. The van der Waals surface area contributed by atoms with E-state index in [0.29, 0.717) is 18.5 Å².